The summed E-state index contributed by atoms with van der Waals surface area (Å²) in [5.41, 5.74) is 0. The topological polar surface area (TPSA) is 49.3 Å². The second kappa shape index (κ2) is 4.10. The first-order valence-electron chi connectivity index (χ1n) is 4.21. The van der Waals surface area contributed by atoms with E-state index in [0.717, 1.165) is 12.8 Å². The smallest absolute Gasteiger partial charge is 0.237 e. The molecule has 1 saturated carbocycles. The number of nitrogens with one attached hydrogen (secondary N) is 1. The summed E-state index contributed by atoms with van der Waals surface area (Å²) in [5.74, 6) is 0.187. The van der Waals surface area contributed by atoms with E-state index < -0.39 is 5.38 Å². The Morgan fingerprint density at radius 2 is 2.33 bits per heavy atom. The number of hydrogen-bond acceptors (Lipinski definition) is 2. The van der Waals surface area contributed by atoms with E-state index in [2.05, 4.69) is 5.32 Å². The van der Waals surface area contributed by atoms with Crippen molar-refractivity contribution < 1.29 is 9.90 Å². The lowest BCUT2D eigenvalue weighted by Gasteiger charge is -2.11. The van der Waals surface area contributed by atoms with Crippen molar-refractivity contribution in [2.45, 2.75) is 31.2 Å². The second-order valence-electron chi connectivity index (χ2n) is 3.27. The Kier molecular flexibility index (Phi) is 3.35. The third-order valence-electron chi connectivity index (χ3n) is 2.01. The Labute approximate surface area is 77.1 Å². The van der Waals surface area contributed by atoms with Crippen LogP contribution in [0.15, 0.2) is 0 Å². The lowest BCUT2D eigenvalue weighted by molar-refractivity contribution is -0.121. The van der Waals surface area contributed by atoms with Crippen molar-refractivity contribution in [3.05, 3.63) is 0 Å². The summed E-state index contributed by atoms with van der Waals surface area (Å²) < 4.78 is 0. The minimum absolute atomic E-state index is 0.212. The normalized spacial score (nSPS) is 21.6. The van der Waals surface area contributed by atoms with Crippen LogP contribution < -0.4 is 5.32 Å². The maximum atomic E-state index is 10.9. The number of aliphatic hydroxyl groups excluding tert-OH is 1. The van der Waals surface area contributed by atoms with Crippen LogP contribution in [0.5, 0.6) is 0 Å². The van der Waals surface area contributed by atoms with Crippen LogP contribution in [0.25, 0.3) is 0 Å². The minimum atomic E-state index is -0.517. The number of hydrogen-bond donors (Lipinski definition) is 2. The zero-order valence-corrected chi connectivity index (χ0v) is 7.84. The van der Waals surface area contributed by atoms with Gasteiger partial charge in [0.2, 0.25) is 5.91 Å². The van der Waals surface area contributed by atoms with Crippen molar-refractivity contribution in [2.24, 2.45) is 5.92 Å². The maximum absolute atomic E-state index is 10.9. The SMILES string of the molecule is CC(Cl)C(=O)NCC(O)C1CC1. The van der Waals surface area contributed by atoms with Gasteiger partial charge in [0, 0.05) is 6.54 Å². The first-order chi connectivity index (χ1) is 5.61. The van der Waals surface area contributed by atoms with E-state index in [0.29, 0.717) is 12.5 Å². The average molecular weight is 192 g/mol. The molecule has 0 heterocycles. The standard InChI is InChI=1S/C8H14ClNO2/c1-5(9)8(12)10-4-7(11)6-2-3-6/h5-7,11H,2-4H2,1H3,(H,10,12). The molecule has 12 heavy (non-hydrogen) atoms. The van der Waals surface area contributed by atoms with E-state index in [-0.39, 0.29) is 12.0 Å². The molecule has 3 nitrogen and oxygen atoms in total. The highest BCUT2D eigenvalue weighted by molar-refractivity contribution is 6.30. The molecule has 0 aliphatic heterocycles. The number of carbonyl (C=O) groups excluding carboxylic acids is 1. The summed E-state index contributed by atoms with van der Waals surface area (Å²) >= 11 is 5.51. The molecule has 0 aromatic heterocycles. The zero-order chi connectivity index (χ0) is 9.14. The average Bonchev–Trinajstić information content (AvgIpc) is 2.81. The first kappa shape index (κ1) is 9.81. The highest BCUT2D eigenvalue weighted by Gasteiger charge is 2.29. The van der Waals surface area contributed by atoms with Crippen molar-refractivity contribution in [3.63, 3.8) is 0 Å². The van der Waals surface area contributed by atoms with E-state index in [4.69, 9.17) is 11.6 Å². The van der Waals surface area contributed by atoms with Gasteiger partial charge >= 0.3 is 0 Å². The highest BCUT2D eigenvalue weighted by Crippen LogP contribution is 2.32. The molecule has 0 aromatic rings. The molecule has 0 spiro atoms. The van der Waals surface area contributed by atoms with Crippen LogP contribution >= 0.6 is 11.6 Å². The van der Waals surface area contributed by atoms with Gasteiger partial charge in [-0.2, -0.15) is 0 Å². The summed E-state index contributed by atoms with van der Waals surface area (Å²) in [7, 11) is 0. The highest BCUT2D eigenvalue weighted by atomic mass is 35.5. The van der Waals surface area contributed by atoms with Crippen molar-refractivity contribution in [1.82, 2.24) is 5.32 Å². The fourth-order valence-corrected chi connectivity index (χ4v) is 1.07. The van der Waals surface area contributed by atoms with Crippen LogP contribution in [0.1, 0.15) is 19.8 Å². The number of amides is 1. The molecule has 1 aliphatic carbocycles. The summed E-state index contributed by atoms with van der Waals surface area (Å²) in [6.07, 6.45) is 1.77. The second-order valence-corrected chi connectivity index (χ2v) is 3.92. The number of rotatable bonds is 4. The first-order valence-corrected chi connectivity index (χ1v) is 4.64. The van der Waals surface area contributed by atoms with Crippen LogP contribution in [0, 0.1) is 5.92 Å². The predicted octanol–water partition coefficient (Wildman–Crippen LogP) is 0.501. The third-order valence-corrected chi connectivity index (χ3v) is 2.21. The van der Waals surface area contributed by atoms with Gasteiger partial charge in [-0.05, 0) is 25.7 Å². The molecule has 0 bridgehead atoms. The Morgan fingerprint density at radius 3 is 2.75 bits per heavy atom. The van der Waals surface area contributed by atoms with Gasteiger partial charge in [-0.25, -0.2) is 0 Å². The predicted molar refractivity (Wildman–Crippen MR) is 47.1 cm³/mol. The van der Waals surface area contributed by atoms with E-state index in [9.17, 15) is 9.90 Å². The summed E-state index contributed by atoms with van der Waals surface area (Å²) in [5, 5.41) is 11.4. The molecule has 0 saturated heterocycles. The van der Waals surface area contributed by atoms with Gasteiger partial charge in [0.05, 0.1) is 6.10 Å². The quantitative estimate of drug-likeness (QED) is 0.636. The molecule has 4 heteroatoms. The van der Waals surface area contributed by atoms with Gasteiger partial charge in [0.1, 0.15) is 5.38 Å². The van der Waals surface area contributed by atoms with Crippen molar-refractivity contribution >= 4 is 17.5 Å². The molecule has 1 aliphatic rings. The maximum Gasteiger partial charge on any atom is 0.237 e. The summed E-state index contributed by atoms with van der Waals surface area (Å²) in [6, 6.07) is 0. The minimum Gasteiger partial charge on any atom is -0.391 e. The van der Waals surface area contributed by atoms with Gasteiger partial charge in [0.15, 0.2) is 0 Å². The van der Waals surface area contributed by atoms with E-state index >= 15 is 0 Å². The molecular formula is C8H14ClNO2. The van der Waals surface area contributed by atoms with Crippen LogP contribution in [0.2, 0.25) is 0 Å². The van der Waals surface area contributed by atoms with Gasteiger partial charge in [0.25, 0.3) is 0 Å². The summed E-state index contributed by atoms with van der Waals surface area (Å²) in [4.78, 5) is 10.9. The van der Waals surface area contributed by atoms with Gasteiger partial charge in [-0.15, -0.1) is 11.6 Å². The van der Waals surface area contributed by atoms with E-state index in [1.165, 1.54) is 0 Å². The van der Waals surface area contributed by atoms with Crippen LogP contribution in [-0.2, 0) is 4.79 Å². The van der Waals surface area contributed by atoms with Crippen molar-refractivity contribution in [1.29, 1.82) is 0 Å². The molecule has 1 rings (SSSR count). The Morgan fingerprint density at radius 1 is 1.75 bits per heavy atom. The Bertz CT molecular complexity index is 168. The number of carbonyl (C=O) groups is 1. The number of halogens is 1. The van der Waals surface area contributed by atoms with Crippen LogP contribution in [0.4, 0.5) is 0 Å². The van der Waals surface area contributed by atoms with Gasteiger partial charge < -0.3 is 10.4 Å². The molecule has 2 atom stereocenters. The van der Waals surface area contributed by atoms with Crippen LogP contribution in [0.3, 0.4) is 0 Å². The number of alkyl halides is 1. The molecule has 0 aromatic carbocycles. The summed E-state index contributed by atoms with van der Waals surface area (Å²) in [6.45, 7) is 1.95. The largest absolute Gasteiger partial charge is 0.391 e. The monoisotopic (exact) mass is 191 g/mol. The molecule has 2 N–H and O–H groups in total. The molecular weight excluding hydrogens is 178 g/mol. The van der Waals surface area contributed by atoms with Crippen molar-refractivity contribution in [3.8, 4) is 0 Å². The molecule has 70 valence electrons. The fraction of sp³-hybridized carbons (Fsp3) is 0.875. The Balaban J connectivity index is 2.11. The molecule has 2 unspecified atom stereocenters. The molecule has 0 radical (unpaired) electrons. The van der Waals surface area contributed by atoms with Crippen molar-refractivity contribution in [2.75, 3.05) is 6.54 Å². The van der Waals surface area contributed by atoms with Gasteiger partial charge in [-0.1, -0.05) is 0 Å². The lowest BCUT2D eigenvalue weighted by atomic mass is 10.2. The zero-order valence-electron chi connectivity index (χ0n) is 7.09. The van der Waals surface area contributed by atoms with Gasteiger partial charge in [-0.3, -0.25) is 4.79 Å². The van der Waals surface area contributed by atoms with E-state index in [1.54, 1.807) is 6.92 Å². The fourth-order valence-electron chi connectivity index (χ4n) is 0.993. The van der Waals surface area contributed by atoms with E-state index in [1.807, 2.05) is 0 Å². The third kappa shape index (κ3) is 2.99. The number of aliphatic hydroxyl groups is 1. The Hall–Kier alpha value is -0.280. The van der Waals surface area contributed by atoms with Crippen LogP contribution in [-0.4, -0.2) is 29.0 Å². The molecule has 1 amide bonds. The molecule has 1 fully saturated rings. The lowest BCUT2D eigenvalue weighted by Crippen LogP contribution is -2.36.